The largest absolute Gasteiger partial charge is 0.289 e. The van der Waals surface area contributed by atoms with E-state index in [1.807, 2.05) is 0 Å². The van der Waals surface area contributed by atoms with E-state index in [9.17, 15) is 14.9 Å². The molecule has 0 N–H and O–H groups in total. The molecule has 21 heavy (non-hydrogen) atoms. The van der Waals surface area contributed by atoms with Crippen molar-refractivity contribution in [3.63, 3.8) is 0 Å². The van der Waals surface area contributed by atoms with Gasteiger partial charge in [-0.25, -0.2) is 0 Å². The first-order chi connectivity index (χ1) is 10.2. The third kappa shape index (κ3) is 4.21. The highest BCUT2D eigenvalue weighted by atomic mass is 16.6. The summed E-state index contributed by atoms with van der Waals surface area (Å²) >= 11 is 0. The predicted octanol–water partition coefficient (Wildman–Crippen LogP) is 3.44. The van der Waals surface area contributed by atoms with Crippen LogP contribution in [-0.2, 0) is 0 Å². The van der Waals surface area contributed by atoms with E-state index in [2.05, 4.69) is 4.98 Å². The van der Waals surface area contributed by atoms with Crippen LogP contribution in [0.3, 0.4) is 0 Å². The Morgan fingerprint density at radius 2 is 1.90 bits per heavy atom. The minimum Gasteiger partial charge on any atom is -0.289 e. The van der Waals surface area contributed by atoms with E-state index in [0.717, 1.165) is 5.56 Å². The molecule has 0 atom stereocenters. The first kappa shape index (κ1) is 14.3. The van der Waals surface area contributed by atoms with Crippen molar-refractivity contribution in [3.8, 4) is 0 Å². The van der Waals surface area contributed by atoms with E-state index in [0.29, 0.717) is 5.56 Å². The lowest BCUT2D eigenvalue weighted by Gasteiger charge is -1.93. The molecule has 0 bridgehead atoms. The minimum absolute atomic E-state index is 0.0504. The Hall–Kier alpha value is -3.08. The number of hydrogen-bond donors (Lipinski definition) is 0. The Bertz CT molecular complexity index is 689. The van der Waals surface area contributed by atoms with Gasteiger partial charge in [-0.3, -0.25) is 19.9 Å². The zero-order valence-electron chi connectivity index (χ0n) is 11.0. The van der Waals surface area contributed by atoms with Crippen LogP contribution >= 0.6 is 0 Å². The summed E-state index contributed by atoms with van der Waals surface area (Å²) in [6.07, 6.45) is 9.64. The molecule has 5 nitrogen and oxygen atoms in total. The topological polar surface area (TPSA) is 73.1 Å². The first-order valence-corrected chi connectivity index (χ1v) is 6.20. The second kappa shape index (κ2) is 6.91. The van der Waals surface area contributed by atoms with Crippen molar-refractivity contribution < 1.29 is 9.72 Å². The van der Waals surface area contributed by atoms with Crippen molar-refractivity contribution in [1.29, 1.82) is 0 Å². The number of carbonyl (C=O) groups is 1. The van der Waals surface area contributed by atoms with Crippen molar-refractivity contribution in [2.75, 3.05) is 0 Å². The van der Waals surface area contributed by atoms with Crippen molar-refractivity contribution in [3.05, 3.63) is 88.3 Å². The molecule has 0 spiro atoms. The molecular weight excluding hydrogens is 268 g/mol. The number of allylic oxidation sites excluding steroid dienone is 3. The number of nitrogens with zero attached hydrogens (tertiary/aromatic N) is 2. The second-order valence-electron chi connectivity index (χ2n) is 4.17. The van der Waals surface area contributed by atoms with Gasteiger partial charge in [-0.1, -0.05) is 18.2 Å². The molecule has 0 amide bonds. The van der Waals surface area contributed by atoms with Gasteiger partial charge in [0.15, 0.2) is 5.78 Å². The molecule has 0 unspecified atom stereocenters. The lowest BCUT2D eigenvalue weighted by atomic mass is 10.1. The molecule has 2 aromatic rings. The van der Waals surface area contributed by atoms with Gasteiger partial charge in [0.25, 0.3) is 5.69 Å². The van der Waals surface area contributed by atoms with Crippen LogP contribution in [0, 0.1) is 10.1 Å². The first-order valence-electron chi connectivity index (χ1n) is 6.20. The van der Waals surface area contributed by atoms with Crippen molar-refractivity contribution in [2.45, 2.75) is 0 Å². The number of hydrogen-bond acceptors (Lipinski definition) is 4. The normalized spacial score (nSPS) is 11.0. The number of nitro groups is 1. The van der Waals surface area contributed by atoms with Crippen LogP contribution in [0.2, 0.25) is 0 Å². The fourth-order valence-corrected chi connectivity index (χ4v) is 1.62. The van der Waals surface area contributed by atoms with Crippen LogP contribution in [0.1, 0.15) is 15.9 Å². The number of aromatic nitrogens is 1. The molecule has 1 aromatic carbocycles. The van der Waals surface area contributed by atoms with Gasteiger partial charge >= 0.3 is 0 Å². The lowest BCUT2D eigenvalue weighted by molar-refractivity contribution is -0.384. The molecule has 0 saturated carbocycles. The summed E-state index contributed by atoms with van der Waals surface area (Å²) < 4.78 is 0. The summed E-state index contributed by atoms with van der Waals surface area (Å²) in [6.45, 7) is 0. The van der Waals surface area contributed by atoms with Crippen LogP contribution in [0.25, 0.3) is 6.08 Å². The molecule has 0 aliphatic rings. The van der Waals surface area contributed by atoms with E-state index >= 15 is 0 Å². The standard InChI is InChI=1S/C16H12N2O3/c19-16(14-5-3-11-17-12-14)6-2-1-4-13-7-9-15(10-8-13)18(20)21/h1-12H/b4-1+,6-2+. The molecule has 5 heteroatoms. The smallest absolute Gasteiger partial charge is 0.269 e. The van der Waals surface area contributed by atoms with Gasteiger partial charge in [-0.2, -0.15) is 0 Å². The van der Waals surface area contributed by atoms with E-state index < -0.39 is 4.92 Å². The van der Waals surface area contributed by atoms with Gasteiger partial charge in [0.2, 0.25) is 0 Å². The second-order valence-corrected chi connectivity index (χ2v) is 4.17. The van der Waals surface area contributed by atoms with Gasteiger partial charge in [-0.15, -0.1) is 0 Å². The number of benzene rings is 1. The van der Waals surface area contributed by atoms with E-state index in [4.69, 9.17) is 0 Å². The summed E-state index contributed by atoms with van der Waals surface area (Å²) in [5.41, 5.74) is 1.39. The van der Waals surface area contributed by atoms with Crippen LogP contribution < -0.4 is 0 Å². The van der Waals surface area contributed by atoms with Crippen LogP contribution in [0.5, 0.6) is 0 Å². The third-order valence-electron chi connectivity index (χ3n) is 2.70. The summed E-state index contributed by atoms with van der Waals surface area (Å²) in [5.74, 6) is -0.128. The number of ketones is 1. The van der Waals surface area contributed by atoms with Crippen molar-refractivity contribution in [1.82, 2.24) is 4.98 Å². The van der Waals surface area contributed by atoms with Gasteiger partial charge in [0, 0.05) is 30.1 Å². The maximum atomic E-state index is 11.7. The zero-order chi connectivity index (χ0) is 15.1. The van der Waals surface area contributed by atoms with Crippen LogP contribution in [0.4, 0.5) is 5.69 Å². The Kier molecular flexibility index (Phi) is 4.71. The van der Waals surface area contributed by atoms with Gasteiger partial charge in [-0.05, 0) is 35.9 Å². The summed E-state index contributed by atoms with van der Waals surface area (Å²) in [7, 11) is 0. The summed E-state index contributed by atoms with van der Waals surface area (Å²) in [5, 5.41) is 10.5. The number of nitro benzene ring substituents is 1. The number of carbonyl (C=O) groups excluding carboxylic acids is 1. The highest BCUT2D eigenvalue weighted by Crippen LogP contribution is 2.12. The summed E-state index contributed by atoms with van der Waals surface area (Å²) in [6, 6.07) is 9.55. The van der Waals surface area contributed by atoms with Gasteiger partial charge < -0.3 is 0 Å². The zero-order valence-corrected chi connectivity index (χ0v) is 11.0. The van der Waals surface area contributed by atoms with E-state index in [1.165, 1.54) is 24.4 Å². The average molecular weight is 280 g/mol. The monoisotopic (exact) mass is 280 g/mol. The fraction of sp³-hybridized carbons (Fsp3) is 0. The molecule has 1 heterocycles. The number of rotatable bonds is 5. The number of non-ortho nitro benzene ring substituents is 1. The maximum absolute atomic E-state index is 11.7. The molecule has 0 aliphatic carbocycles. The number of pyridine rings is 1. The molecule has 1 aromatic heterocycles. The molecule has 0 radical (unpaired) electrons. The average Bonchev–Trinajstić information content (AvgIpc) is 2.52. The Balaban J connectivity index is 1.97. The Labute approximate surface area is 121 Å². The van der Waals surface area contributed by atoms with Crippen molar-refractivity contribution >= 4 is 17.5 Å². The van der Waals surface area contributed by atoms with Crippen LogP contribution in [-0.4, -0.2) is 15.7 Å². The fourth-order valence-electron chi connectivity index (χ4n) is 1.62. The van der Waals surface area contributed by atoms with E-state index in [1.54, 1.807) is 48.7 Å². The molecule has 0 fully saturated rings. The Morgan fingerprint density at radius 3 is 2.52 bits per heavy atom. The Morgan fingerprint density at radius 1 is 1.14 bits per heavy atom. The molecule has 2 rings (SSSR count). The van der Waals surface area contributed by atoms with Crippen molar-refractivity contribution in [2.24, 2.45) is 0 Å². The SMILES string of the molecule is O=C(/C=C/C=C/c1ccc([N+](=O)[O-])cc1)c1cccnc1. The quantitative estimate of drug-likeness (QED) is 0.276. The highest BCUT2D eigenvalue weighted by molar-refractivity contribution is 6.04. The van der Waals surface area contributed by atoms with Gasteiger partial charge in [0.05, 0.1) is 4.92 Å². The maximum Gasteiger partial charge on any atom is 0.269 e. The minimum atomic E-state index is -0.444. The highest BCUT2D eigenvalue weighted by Gasteiger charge is 2.02. The van der Waals surface area contributed by atoms with Gasteiger partial charge in [0.1, 0.15) is 0 Å². The third-order valence-corrected chi connectivity index (χ3v) is 2.70. The molecule has 0 aliphatic heterocycles. The lowest BCUT2D eigenvalue weighted by Crippen LogP contribution is -1.93. The van der Waals surface area contributed by atoms with Crippen LogP contribution in [0.15, 0.2) is 67.0 Å². The molecular formula is C16H12N2O3. The summed E-state index contributed by atoms with van der Waals surface area (Å²) in [4.78, 5) is 25.7. The van der Waals surface area contributed by atoms with E-state index in [-0.39, 0.29) is 11.5 Å². The predicted molar refractivity (Wildman–Crippen MR) is 79.8 cm³/mol. The molecule has 104 valence electrons. The molecule has 0 saturated heterocycles.